The SMILES string of the molecule is c1ccc(CN(Cc2ccc3c(c2)-c2cc(CN4CCCNCCNCCCNCC4)ccc2OCCCCO3)Cc2ccccn2)nc1. The fraction of sp³-hybridized carbons (Fsp3) is 0.450. The number of pyridine rings is 2. The smallest absolute Gasteiger partial charge is 0.127 e. The first kappa shape index (κ1) is 35.0. The number of benzene rings is 2. The van der Waals surface area contributed by atoms with Gasteiger partial charge >= 0.3 is 0 Å². The van der Waals surface area contributed by atoms with Crippen LogP contribution in [0.3, 0.4) is 0 Å². The van der Waals surface area contributed by atoms with Gasteiger partial charge in [-0.15, -0.1) is 0 Å². The van der Waals surface area contributed by atoms with E-state index in [1.54, 1.807) is 0 Å². The summed E-state index contributed by atoms with van der Waals surface area (Å²) in [6, 6.07) is 25.6. The van der Waals surface area contributed by atoms with Crippen molar-refractivity contribution in [2.45, 2.75) is 51.9 Å². The number of hydrogen-bond donors (Lipinski definition) is 3. The quantitative estimate of drug-likeness (QED) is 0.234. The van der Waals surface area contributed by atoms with Gasteiger partial charge in [0.2, 0.25) is 0 Å². The van der Waals surface area contributed by atoms with Crippen LogP contribution in [0.2, 0.25) is 0 Å². The van der Waals surface area contributed by atoms with Gasteiger partial charge in [-0.1, -0.05) is 24.3 Å². The highest BCUT2D eigenvalue weighted by Gasteiger charge is 2.18. The Morgan fingerprint density at radius 1 is 0.571 bits per heavy atom. The van der Waals surface area contributed by atoms with Crippen LogP contribution in [0.25, 0.3) is 11.1 Å². The highest BCUT2D eigenvalue weighted by Crippen LogP contribution is 2.39. The molecule has 6 rings (SSSR count). The Kier molecular flexibility index (Phi) is 13.8. The predicted octanol–water partition coefficient (Wildman–Crippen LogP) is 5.26. The van der Waals surface area contributed by atoms with Crippen LogP contribution >= 0.6 is 0 Å². The number of ether oxygens (including phenoxy) is 2. The minimum Gasteiger partial charge on any atom is -0.493 e. The van der Waals surface area contributed by atoms with Crippen LogP contribution < -0.4 is 25.4 Å². The van der Waals surface area contributed by atoms with Crippen LogP contribution in [-0.4, -0.2) is 85.3 Å². The Bertz CT molecular complexity index is 1480. The van der Waals surface area contributed by atoms with E-state index in [2.05, 4.69) is 96.4 Å². The largest absolute Gasteiger partial charge is 0.493 e. The maximum absolute atomic E-state index is 6.44. The molecular formula is C40H53N7O2. The van der Waals surface area contributed by atoms with Crippen molar-refractivity contribution < 1.29 is 9.47 Å². The molecule has 4 aromatic rings. The summed E-state index contributed by atoms with van der Waals surface area (Å²) < 4.78 is 12.9. The van der Waals surface area contributed by atoms with E-state index in [9.17, 15) is 0 Å². The Morgan fingerprint density at radius 2 is 1.16 bits per heavy atom. The van der Waals surface area contributed by atoms with E-state index in [-0.39, 0.29) is 0 Å². The molecule has 4 heterocycles. The second kappa shape index (κ2) is 19.4. The van der Waals surface area contributed by atoms with Crippen LogP contribution in [0, 0.1) is 0 Å². The first-order chi connectivity index (χ1) is 24.3. The van der Waals surface area contributed by atoms with Gasteiger partial charge in [0.25, 0.3) is 0 Å². The van der Waals surface area contributed by atoms with Crippen molar-refractivity contribution in [1.82, 2.24) is 35.7 Å². The number of rotatable bonds is 8. The molecular weight excluding hydrogens is 610 g/mol. The lowest BCUT2D eigenvalue weighted by Gasteiger charge is -2.25. The van der Waals surface area contributed by atoms with Gasteiger partial charge in [-0.2, -0.15) is 0 Å². The summed E-state index contributed by atoms with van der Waals surface area (Å²) in [5.74, 6) is 1.84. The van der Waals surface area contributed by atoms with Crippen molar-refractivity contribution in [3.8, 4) is 22.6 Å². The molecule has 260 valence electrons. The van der Waals surface area contributed by atoms with Gasteiger partial charge < -0.3 is 25.4 Å². The topological polar surface area (TPSA) is 86.8 Å². The molecule has 2 aliphatic heterocycles. The fourth-order valence-corrected chi connectivity index (χ4v) is 6.54. The summed E-state index contributed by atoms with van der Waals surface area (Å²) in [7, 11) is 0. The van der Waals surface area contributed by atoms with E-state index in [1.165, 1.54) is 11.1 Å². The zero-order valence-corrected chi connectivity index (χ0v) is 28.9. The third-order valence-electron chi connectivity index (χ3n) is 9.09. The Hall–Kier alpha value is -3.86. The van der Waals surface area contributed by atoms with Crippen LogP contribution in [-0.2, 0) is 26.2 Å². The lowest BCUT2D eigenvalue weighted by Crippen LogP contribution is -2.36. The highest BCUT2D eigenvalue weighted by molar-refractivity contribution is 5.77. The van der Waals surface area contributed by atoms with Crippen molar-refractivity contribution in [3.63, 3.8) is 0 Å². The van der Waals surface area contributed by atoms with Crippen molar-refractivity contribution in [2.75, 3.05) is 65.6 Å². The van der Waals surface area contributed by atoms with Gasteiger partial charge in [0.05, 0.1) is 24.6 Å². The minimum atomic E-state index is 0.682. The monoisotopic (exact) mass is 663 g/mol. The zero-order chi connectivity index (χ0) is 33.4. The van der Waals surface area contributed by atoms with Crippen LogP contribution in [0.1, 0.15) is 48.2 Å². The average molecular weight is 664 g/mol. The number of aromatic nitrogens is 2. The Labute approximate surface area is 292 Å². The predicted molar refractivity (Wildman–Crippen MR) is 197 cm³/mol. The van der Waals surface area contributed by atoms with Crippen LogP contribution in [0.4, 0.5) is 0 Å². The van der Waals surface area contributed by atoms with E-state index in [4.69, 9.17) is 9.47 Å². The standard InChI is InChI=1S/C40H53N7O2/c1-3-18-44-35(9-1)31-47(32-36-10-2-4-19-45-36)30-34-12-14-40-38(28-34)37-27-33(11-13-39(37)48-25-5-6-26-49-40)29-46-23-8-17-42-21-20-41-15-7-16-43-22-24-46/h1-4,9-14,18-19,27-28,41-43H,5-8,15-17,20-26,29-32H2. The lowest BCUT2D eigenvalue weighted by atomic mass is 9.98. The molecule has 1 fully saturated rings. The summed E-state index contributed by atoms with van der Waals surface area (Å²) in [6.07, 6.45) is 7.94. The van der Waals surface area contributed by atoms with Gasteiger partial charge in [-0.25, -0.2) is 0 Å². The van der Waals surface area contributed by atoms with Gasteiger partial charge in [0, 0.05) is 75.9 Å². The zero-order valence-electron chi connectivity index (χ0n) is 28.9. The average Bonchev–Trinajstić information content (AvgIpc) is 3.13. The second-order valence-corrected chi connectivity index (χ2v) is 13.1. The maximum atomic E-state index is 6.44. The molecule has 9 heteroatoms. The molecule has 0 saturated carbocycles. The summed E-state index contributed by atoms with van der Waals surface area (Å²) in [5.41, 5.74) is 6.78. The van der Waals surface area contributed by atoms with Crippen LogP contribution in [0.5, 0.6) is 11.5 Å². The van der Waals surface area contributed by atoms with Crippen molar-refractivity contribution in [2.24, 2.45) is 0 Å². The Morgan fingerprint density at radius 3 is 1.80 bits per heavy atom. The van der Waals surface area contributed by atoms with Crippen LogP contribution in [0.15, 0.2) is 85.2 Å². The molecule has 2 aliphatic rings. The molecule has 3 N–H and O–H groups in total. The second-order valence-electron chi connectivity index (χ2n) is 13.1. The van der Waals surface area contributed by atoms with E-state index in [1.807, 2.05) is 24.5 Å². The number of hydrogen-bond acceptors (Lipinski definition) is 9. The van der Waals surface area contributed by atoms with Gasteiger partial charge in [-0.05, 0) is 112 Å². The lowest BCUT2D eigenvalue weighted by molar-refractivity contribution is 0.241. The number of fused-ring (bicyclic) bond motifs is 3. The number of nitrogens with zero attached hydrogens (tertiary/aromatic N) is 4. The minimum absolute atomic E-state index is 0.682. The third-order valence-corrected chi connectivity index (χ3v) is 9.09. The first-order valence-corrected chi connectivity index (χ1v) is 18.2. The summed E-state index contributed by atoms with van der Waals surface area (Å²) in [4.78, 5) is 14.2. The fourth-order valence-electron chi connectivity index (χ4n) is 6.54. The molecule has 0 bridgehead atoms. The molecule has 0 unspecified atom stereocenters. The maximum Gasteiger partial charge on any atom is 0.127 e. The molecule has 0 aliphatic carbocycles. The van der Waals surface area contributed by atoms with E-state index >= 15 is 0 Å². The summed E-state index contributed by atoms with van der Waals surface area (Å²) >= 11 is 0. The molecule has 0 amide bonds. The van der Waals surface area contributed by atoms with Gasteiger partial charge in [0.15, 0.2) is 0 Å². The molecule has 0 spiro atoms. The highest BCUT2D eigenvalue weighted by atomic mass is 16.5. The molecule has 0 radical (unpaired) electrons. The summed E-state index contributed by atoms with van der Waals surface area (Å²) in [6.45, 7) is 12.7. The van der Waals surface area contributed by atoms with E-state index in [0.29, 0.717) is 13.2 Å². The summed E-state index contributed by atoms with van der Waals surface area (Å²) in [5, 5.41) is 10.8. The molecule has 9 nitrogen and oxygen atoms in total. The molecule has 0 atom stereocenters. The Balaban J connectivity index is 1.25. The van der Waals surface area contributed by atoms with Gasteiger partial charge in [-0.3, -0.25) is 19.8 Å². The molecule has 2 aromatic heterocycles. The van der Waals surface area contributed by atoms with Crippen molar-refractivity contribution in [1.29, 1.82) is 0 Å². The van der Waals surface area contributed by atoms with Crippen molar-refractivity contribution >= 4 is 0 Å². The van der Waals surface area contributed by atoms with E-state index < -0.39 is 0 Å². The molecule has 49 heavy (non-hydrogen) atoms. The third kappa shape index (κ3) is 11.3. The van der Waals surface area contributed by atoms with E-state index in [0.717, 1.165) is 138 Å². The molecule has 1 saturated heterocycles. The molecule has 2 aromatic carbocycles. The van der Waals surface area contributed by atoms with Gasteiger partial charge in [0.1, 0.15) is 11.5 Å². The van der Waals surface area contributed by atoms with Crippen molar-refractivity contribution in [3.05, 3.63) is 108 Å². The normalized spacial score (nSPS) is 17.2. The first-order valence-electron chi connectivity index (χ1n) is 18.2. The number of nitrogens with one attached hydrogen (secondary N) is 3.